The van der Waals surface area contributed by atoms with Gasteiger partial charge in [0.05, 0.1) is 17.1 Å². The first-order valence-electron chi connectivity index (χ1n) is 8.08. The number of benzene rings is 1. The SMILES string of the molecule is CCCC(=O)Nc1cc2c(cc1OC)NC(=O)C[C@@H]2c1ccc(Cl)s1. The van der Waals surface area contributed by atoms with Crippen molar-refractivity contribution in [3.63, 3.8) is 0 Å². The van der Waals surface area contributed by atoms with Crippen molar-refractivity contribution in [2.24, 2.45) is 0 Å². The number of fused-ring (bicyclic) bond motifs is 1. The minimum Gasteiger partial charge on any atom is -0.494 e. The van der Waals surface area contributed by atoms with Crippen LogP contribution in [0.2, 0.25) is 4.34 Å². The lowest BCUT2D eigenvalue weighted by molar-refractivity contribution is -0.117. The minimum absolute atomic E-state index is 0.0492. The molecule has 0 spiro atoms. The van der Waals surface area contributed by atoms with Crippen molar-refractivity contribution in [1.29, 1.82) is 0 Å². The van der Waals surface area contributed by atoms with Gasteiger partial charge in [-0.2, -0.15) is 0 Å². The molecule has 0 aliphatic carbocycles. The summed E-state index contributed by atoms with van der Waals surface area (Å²) in [7, 11) is 1.54. The van der Waals surface area contributed by atoms with Gasteiger partial charge in [0.15, 0.2) is 0 Å². The van der Waals surface area contributed by atoms with Crippen molar-refractivity contribution < 1.29 is 14.3 Å². The molecule has 7 heteroatoms. The lowest BCUT2D eigenvalue weighted by Gasteiger charge is -2.26. The fourth-order valence-electron chi connectivity index (χ4n) is 2.97. The molecule has 2 amide bonds. The molecule has 0 saturated carbocycles. The van der Waals surface area contributed by atoms with Gasteiger partial charge >= 0.3 is 0 Å². The second-order valence-corrected chi connectivity index (χ2v) is 7.63. The van der Waals surface area contributed by atoms with E-state index in [4.69, 9.17) is 16.3 Å². The van der Waals surface area contributed by atoms with Crippen LogP contribution in [0.5, 0.6) is 5.75 Å². The van der Waals surface area contributed by atoms with Crippen LogP contribution in [0, 0.1) is 0 Å². The quantitative estimate of drug-likeness (QED) is 0.797. The standard InChI is InChI=1S/C18H19ClN2O3S/c1-3-4-17(22)21-13-7-10-11(15-5-6-16(19)25-15)8-18(23)20-12(10)9-14(13)24-2/h5-7,9,11H,3-4,8H2,1-2H3,(H,20,23)(H,21,22)/t11-/m0/s1. The van der Waals surface area contributed by atoms with Crippen LogP contribution >= 0.6 is 22.9 Å². The van der Waals surface area contributed by atoms with E-state index in [1.807, 2.05) is 25.1 Å². The summed E-state index contributed by atoms with van der Waals surface area (Å²) >= 11 is 7.53. The Morgan fingerprint density at radius 3 is 2.88 bits per heavy atom. The van der Waals surface area contributed by atoms with Gasteiger partial charge in [0.2, 0.25) is 11.8 Å². The Hall–Kier alpha value is -2.05. The van der Waals surface area contributed by atoms with Crippen LogP contribution in [0.15, 0.2) is 24.3 Å². The van der Waals surface area contributed by atoms with Crippen LogP contribution in [-0.4, -0.2) is 18.9 Å². The Bertz CT molecular complexity index is 819. The van der Waals surface area contributed by atoms with Gasteiger partial charge in [-0.05, 0) is 30.2 Å². The van der Waals surface area contributed by atoms with Gasteiger partial charge in [0.1, 0.15) is 5.75 Å². The number of hydrogen-bond donors (Lipinski definition) is 2. The Morgan fingerprint density at radius 1 is 1.44 bits per heavy atom. The molecule has 5 nitrogen and oxygen atoms in total. The fraction of sp³-hybridized carbons (Fsp3) is 0.333. The predicted molar refractivity (Wildman–Crippen MR) is 101 cm³/mol. The monoisotopic (exact) mass is 378 g/mol. The van der Waals surface area contributed by atoms with Gasteiger partial charge in [-0.15, -0.1) is 11.3 Å². The molecule has 0 radical (unpaired) electrons. The molecular formula is C18H19ClN2O3S. The summed E-state index contributed by atoms with van der Waals surface area (Å²) in [5.74, 6) is 0.325. The Labute approximate surface area is 155 Å². The number of hydrogen-bond acceptors (Lipinski definition) is 4. The smallest absolute Gasteiger partial charge is 0.225 e. The van der Waals surface area contributed by atoms with Crippen LogP contribution in [0.25, 0.3) is 0 Å². The van der Waals surface area contributed by atoms with E-state index in [0.717, 1.165) is 16.9 Å². The Kier molecular flexibility index (Phi) is 5.30. The van der Waals surface area contributed by atoms with Crippen molar-refractivity contribution in [2.75, 3.05) is 17.7 Å². The first-order chi connectivity index (χ1) is 12.0. The van der Waals surface area contributed by atoms with Gasteiger partial charge in [-0.3, -0.25) is 9.59 Å². The van der Waals surface area contributed by atoms with E-state index in [-0.39, 0.29) is 17.7 Å². The fourth-order valence-corrected chi connectivity index (χ4v) is 4.15. The van der Waals surface area contributed by atoms with E-state index in [9.17, 15) is 9.59 Å². The van der Waals surface area contributed by atoms with Gasteiger partial charge in [0, 0.05) is 35.4 Å². The number of nitrogens with one attached hydrogen (secondary N) is 2. The van der Waals surface area contributed by atoms with Crippen LogP contribution in [0.3, 0.4) is 0 Å². The molecule has 0 bridgehead atoms. The van der Waals surface area contributed by atoms with Crippen LogP contribution in [-0.2, 0) is 9.59 Å². The average molecular weight is 379 g/mol. The molecule has 1 aliphatic rings. The molecule has 0 unspecified atom stereocenters. The number of ether oxygens (including phenoxy) is 1. The highest BCUT2D eigenvalue weighted by molar-refractivity contribution is 7.16. The zero-order valence-corrected chi connectivity index (χ0v) is 15.6. The maximum Gasteiger partial charge on any atom is 0.225 e. The van der Waals surface area contributed by atoms with Gasteiger partial charge in [0.25, 0.3) is 0 Å². The Balaban J connectivity index is 2.03. The number of methoxy groups -OCH3 is 1. The molecule has 25 heavy (non-hydrogen) atoms. The second kappa shape index (κ2) is 7.45. The van der Waals surface area contributed by atoms with Crippen LogP contribution in [0.4, 0.5) is 11.4 Å². The summed E-state index contributed by atoms with van der Waals surface area (Å²) in [6.45, 7) is 1.95. The third-order valence-corrected chi connectivity index (χ3v) is 5.44. The van der Waals surface area contributed by atoms with Crippen molar-refractivity contribution in [2.45, 2.75) is 32.1 Å². The van der Waals surface area contributed by atoms with E-state index < -0.39 is 0 Å². The Morgan fingerprint density at radius 2 is 2.24 bits per heavy atom. The maximum absolute atomic E-state index is 12.1. The van der Waals surface area contributed by atoms with Crippen LogP contribution < -0.4 is 15.4 Å². The number of halogens is 1. The highest BCUT2D eigenvalue weighted by Crippen LogP contribution is 2.44. The molecule has 132 valence electrons. The number of carbonyl (C=O) groups excluding carboxylic acids is 2. The van der Waals surface area contributed by atoms with E-state index in [1.54, 1.807) is 13.2 Å². The first kappa shape index (κ1) is 17.8. The minimum atomic E-state index is -0.0889. The molecule has 2 heterocycles. The first-order valence-corrected chi connectivity index (χ1v) is 9.28. The maximum atomic E-state index is 12.1. The zero-order chi connectivity index (χ0) is 18.0. The predicted octanol–water partition coefficient (Wildman–Crippen LogP) is 4.62. The van der Waals surface area contributed by atoms with Crippen molar-refractivity contribution in [1.82, 2.24) is 0 Å². The van der Waals surface area contributed by atoms with Crippen molar-refractivity contribution in [3.05, 3.63) is 39.0 Å². The molecule has 2 aromatic rings. The molecule has 0 fully saturated rings. The summed E-state index contributed by atoms with van der Waals surface area (Å²) in [6.07, 6.45) is 1.56. The summed E-state index contributed by atoms with van der Waals surface area (Å²) in [5, 5.41) is 5.79. The normalized spacial score (nSPS) is 16.1. The number of amides is 2. The number of anilines is 2. The number of thiophene rings is 1. The highest BCUT2D eigenvalue weighted by Gasteiger charge is 2.29. The molecule has 1 aliphatic heterocycles. The van der Waals surface area contributed by atoms with E-state index >= 15 is 0 Å². The summed E-state index contributed by atoms with van der Waals surface area (Å²) in [6, 6.07) is 7.43. The lowest BCUT2D eigenvalue weighted by Crippen LogP contribution is -2.23. The van der Waals surface area contributed by atoms with Crippen molar-refractivity contribution in [3.8, 4) is 5.75 Å². The van der Waals surface area contributed by atoms with Crippen molar-refractivity contribution >= 4 is 46.1 Å². The third-order valence-electron chi connectivity index (χ3n) is 4.10. The van der Waals surface area contributed by atoms with Gasteiger partial charge < -0.3 is 15.4 Å². The van der Waals surface area contributed by atoms with E-state index in [0.29, 0.717) is 34.3 Å². The molecule has 3 rings (SSSR count). The average Bonchev–Trinajstić information content (AvgIpc) is 3.00. The third kappa shape index (κ3) is 3.80. The summed E-state index contributed by atoms with van der Waals surface area (Å²) < 4.78 is 6.07. The van der Waals surface area contributed by atoms with Gasteiger partial charge in [-0.25, -0.2) is 0 Å². The van der Waals surface area contributed by atoms with Gasteiger partial charge in [-0.1, -0.05) is 18.5 Å². The van der Waals surface area contributed by atoms with Crippen LogP contribution in [0.1, 0.15) is 42.5 Å². The molecule has 1 aromatic heterocycles. The molecular weight excluding hydrogens is 360 g/mol. The summed E-state index contributed by atoms with van der Waals surface area (Å²) in [5.41, 5.74) is 2.27. The molecule has 2 N–H and O–H groups in total. The number of carbonyl (C=O) groups is 2. The summed E-state index contributed by atoms with van der Waals surface area (Å²) in [4.78, 5) is 25.1. The highest BCUT2D eigenvalue weighted by atomic mass is 35.5. The number of rotatable bonds is 5. The molecule has 1 aromatic carbocycles. The van der Waals surface area contributed by atoms with E-state index in [1.165, 1.54) is 11.3 Å². The topological polar surface area (TPSA) is 67.4 Å². The largest absolute Gasteiger partial charge is 0.494 e. The molecule has 1 atom stereocenters. The van der Waals surface area contributed by atoms with E-state index in [2.05, 4.69) is 10.6 Å². The zero-order valence-electron chi connectivity index (χ0n) is 14.0. The second-order valence-electron chi connectivity index (χ2n) is 5.88. The molecule has 0 saturated heterocycles. The lowest BCUT2D eigenvalue weighted by atomic mass is 9.88.